The number of halogens is 1. The lowest BCUT2D eigenvalue weighted by atomic mass is 10.2. The molecule has 0 aliphatic heterocycles. The minimum Gasteiger partial charge on any atom is -0.378 e. The van der Waals surface area contributed by atoms with Crippen molar-refractivity contribution in [2.24, 2.45) is 7.05 Å². The molecule has 3 rings (SSSR count). The van der Waals surface area contributed by atoms with E-state index in [-0.39, 0.29) is 0 Å². The maximum Gasteiger partial charge on any atom is 0.163 e. The third kappa shape index (κ3) is 3.03. The number of hydrogen-bond donors (Lipinski definition) is 1. The van der Waals surface area contributed by atoms with Gasteiger partial charge in [-0.25, -0.2) is 0 Å². The number of aromatic nitrogens is 4. The Morgan fingerprint density at radius 3 is 2.48 bits per heavy atom. The average molecular weight is 300 g/mol. The van der Waals surface area contributed by atoms with Crippen LogP contribution in [0.15, 0.2) is 48.8 Å². The lowest BCUT2D eigenvalue weighted by Crippen LogP contribution is -2.06. The van der Waals surface area contributed by atoms with Gasteiger partial charge >= 0.3 is 0 Å². The molecule has 3 aromatic rings. The molecule has 2 heterocycles. The topological polar surface area (TPSA) is 55.6 Å². The minimum atomic E-state index is 0.593. The third-order valence-electron chi connectivity index (χ3n) is 3.20. The number of pyridine rings is 1. The van der Waals surface area contributed by atoms with Crippen LogP contribution in [0.1, 0.15) is 5.82 Å². The minimum absolute atomic E-state index is 0.593. The number of rotatable bonds is 4. The summed E-state index contributed by atoms with van der Waals surface area (Å²) < 4.78 is 1.97. The molecule has 1 N–H and O–H groups in total. The van der Waals surface area contributed by atoms with Crippen molar-refractivity contribution in [3.8, 4) is 11.4 Å². The fourth-order valence-electron chi connectivity index (χ4n) is 2.02. The van der Waals surface area contributed by atoms with E-state index in [1.165, 1.54) is 0 Å². The molecule has 0 radical (unpaired) electrons. The van der Waals surface area contributed by atoms with Crippen molar-refractivity contribution in [1.29, 1.82) is 0 Å². The zero-order chi connectivity index (χ0) is 14.7. The van der Waals surface area contributed by atoms with Crippen molar-refractivity contribution in [2.45, 2.75) is 6.54 Å². The average Bonchev–Trinajstić information content (AvgIpc) is 2.89. The molecule has 0 bridgehead atoms. The summed E-state index contributed by atoms with van der Waals surface area (Å²) in [5, 5.41) is 12.5. The van der Waals surface area contributed by atoms with Gasteiger partial charge in [0.25, 0.3) is 0 Å². The van der Waals surface area contributed by atoms with Gasteiger partial charge in [0.05, 0.1) is 6.54 Å². The monoisotopic (exact) mass is 299 g/mol. The van der Waals surface area contributed by atoms with Crippen molar-refractivity contribution >= 4 is 17.3 Å². The Hall–Kier alpha value is -2.40. The second kappa shape index (κ2) is 5.93. The van der Waals surface area contributed by atoms with Crippen LogP contribution in [0.5, 0.6) is 0 Å². The molecule has 0 fully saturated rings. The second-order valence-corrected chi connectivity index (χ2v) is 5.03. The number of hydrogen-bond acceptors (Lipinski definition) is 4. The van der Waals surface area contributed by atoms with Gasteiger partial charge in [0.2, 0.25) is 0 Å². The van der Waals surface area contributed by atoms with Crippen molar-refractivity contribution in [1.82, 2.24) is 19.7 Å². The molecule has 1 aromatic carbocycles. The number of nitrogens with zero attached hydrogens (tertiary/aromatic N) is 4. The van der Waals surface area contributed by atoms with E-state index in [4.69, 9.17) is 11.6 Å². The van der Waals surface area contributed by atoms with Crippen LogP contribution in [-0.2, 0) is 13.6 Å². The molecule has 0 saturated carbocycles. The number of benzene rings is 1. The van der Waals surface area contributed by atoms with Crippen molar-refractivity contribution in [3.05, 3.63) is 59.6 Å². The fraction of sp³-hybridized carbons (Fsp3) is 0.133. The van der Waals surface area contributed by atoms with Gasteiger partial charge in [-0.1, -0.05) is 11.6 Å². The zero-order valence-corrected chi connectivity index (χ0v) is 12.2. The Morgan fingerprint density at radius 1 is 1.05 bits per heavy atom. The number of nitrogens with one attached hydrogen (secondary N) is 1. The van der Waals surface area contributed by atoms with Crippen molar-refractivity contribution in [3.63, 3.8) is 0 Å². The van der Waals surface area contributed by atoms with Gasteiger partial charge in [-0.05, 0) is 36.4 Å². The van der Waals surface area contributed by atoms with E-state index >= 15 is 0 Å². The molecule has 0 aliphatic rings. The van der Waals surface area contributed by atoms with Gasteiger partial charge in [-0.3, -0.25) is 4.98 Å². The molecule has 0 unspecified atom stereocenters. The van der Waals surface area contributed by atoms with E-state index in [0.29, 0.717) is 6.54 Å². The first kappa shape index (κ1) is 13.6. The molecule has 106 valence electrons. The molecule has 0 aliphatic carbocycles. The highest BCUT2D eigenvalue weighted by Crippen LogP contribution is 2.17. The highest BCUT2D eigenvalue weighted by molar-refractivity contribution is 6.30. The quantitative estimate of drug-likeness (QED) is 0.804. The van der Waals surface area contributed by atoms with Crippen LogP contribution >= 0.6 is 11.6 Å². The molecule has 2 aromatic heterocycles. The fourth-order valence-corrected chi connectivity index (χ4v) is 2.14. The molecule has 5 nitrogen and oxygen atoms in total. The van der Waals surface area contributed by atoms with E-state index in [1.807, 2.05) is 48.0 Å². The highest BCUT2D eigenvalue weighted by Gasteiger charge is 2.10. The van der Waals surface area contributed by atoms with E-state index in [9.17, 15) is 0 Å². The summed E-state index contributed by atoms with van der Waals surface area (Å²) in [4.78, 5) is 4.01. The van der Waals surface area contributed by atoms with Crippen LogP contribution < -0.4 is 5.32 Å². The van der Waals surface area contributed by atoms with Gasteiger partial charge in [0.1, 0.15) is 0 Å². The van der Waals surface area contributed by atoms with E-state index in [1.54, 1.807) is 12.4 Å². The second-order valence-electron chi connectivity index (χ2n) is 4.60. The van der Waals surface area contributed by atoms with E-state index < -0.39 is 0 Å². The predicted octanol–water partition coefficient (Wildman–Crippen LogP) is 3.14. The van der Waals surface area contributed by atoms with Crippen molar-refractivity contribution < 1.29 is 0 Å². The van der Waals surface area contributed by atoms with Crippen molar-refractivity contribution in [2.75, 3.05) is 5.32 Å². The first-order chi connectivity index (χ1) is 10.2. The van der Waals surface area contributed by atoms with Crippen LogP contribution in [0.4, 0.5) is 5.69 Å². The first-order valence-corrected chi connectivity index (χ1v) is 6.90. The third-order valence-corrected chi connectivity index (χ3v) is 3.45. The SMILES string of the molecule is Cn1c(CNc2ccc(Cl)cc2)nnc1-c1ccncc1. The van der Waals surface area contributed by atoms with E-state index in [0.717, 1.165) is 27.9 Å². The summed E-state index contributed by atoms with van der Waals surface area (Å²) in [6, 6.07) is 11.4. The molecule has 0 amide bonds. The smallest absolute Gasteiger partial charge is 0.163 e. The molecular weight excluding hydrogens is 286 g/mol. The Morgan fingerprint density at radius 2 is 1.76 bits per heavy atom. The Labute approximate surface area is 127 Å². The van der Waals surface area contributed by atoms with Crippen LogP contribution in [0.2, 0.25) is 5.02 Å². The maximum atomic E-state index is 5.87. The van der Waals surface area contributed by atoms with E-state index in [2.05, 4.69) is 20.5 Å². The normalized spacial score (nSPS) is 10.6. The summed E-state index contributed by atoms with van der Waals surface area (Å²) in [5.41, 5.74) is 1.99. The lowest BCUT2D eigenvalue weighted by Gasteiger charge is -2.07. The molecule has 6 heteroatoms. The molecule has 21 heavy (non-hydrogen) atoms. The lowest BCUT2D eigenvalue weighted by molar-refractivity contribution is 0.817. The van der Waals surface area contributed by atoms with Gasteiger partial charge < -0.3 is 9.88 Å². The summed E-state index contributed by atoms with van der Waals surface area (Å²) in [5.74, 6) is 1.68. The molecular formula is C15H14ClN5. The van der Waals surface area contributed by atoms with Gasteiger partial charge in [0.15, 0.2) is 11.6 Å². The van der Waals surface area contributed by atoms with Gasteiger partial charge in [-0.2, -0.15) is 0 Å². The van der Waals surface area contributed by atoms with Crippen LogP contribution in [0.3, 0.4) is 0 Å². The molecule has 0 spiro atoms. The predicted molar refractivity (Wildman–Crippen MR) is 83.0 cm³/mol. The Kier molecular flexibility index (Phi) is 3.83. The zero-order valence-electron chi connectivity index (χ0n) is 11.5. The molecule has 0 atom stereocenters. The van der Waals surface area contributed by atoms with Crippen LogP contribution in [-0.4, -0.2) is 19.7 Å². The van der Waals surface area contributed by atoms with Crippen LogP contribution in [0, 0.1) is 0 Å². The standard InChI is InChI=1S/C15H14ClN5/c1-21-14(10-18-13-4-2-12(16)3-5-13)19-20-15(21)11-6-8-17-9-7-11/h2-9,18H,10H2,1H3. The summed E-state index contributed by atoms with van der Waals surface area (Å²) in [6.45, 7) is 0.593. The molecule has 0 saturated heterocycles. The summed E-state index contributed by atoms with van der Waals surface area (Å²) in [7, 11) is 1.95. The Bertz CT molecular complexity index is 722. The first-order valence-electron chi connectivity index (χ1n) is 6.52. The Balaban J connectivity index is 1.75. The summed E-state index contributed by atoms with van der Waals surface area (Å²) >= 11 is 5.87. The van der Waals surface area contributed by atoms with Gasteiger partial charge in [-0.15, -0.1) is 10.2 Å². The largest absolute Gasteiger partial charge is 0.378 e. The highest BCUT2D eigenvalue weighted by atomic mass is 35.5. The van der Waals surface area contributed by atoms with Crippen LogP contribution in [0.25, 0.3) is 11.4 Å². The van der Waals surface area contributed by atoms with Gasteiger partial charge in [0, 0.05) is 35.7 Å². The maximum absolute atomic E-state index is 5.87. The number of anilines is 1. The summed E-state index contributed by atoms with van der Waals surface area (Å²) in [6.07, 6.45) is 3.49.